The molecule has 0 radical (unpaired) electrons. The fraction of sp³-hybridized carbons (Fsp3) is 0.632. The van der Waals surface area contributed by atoms with Crippen LogP contribution >= 0.6 is 0 Å². The summed E-state index contributed by atoms with van der Waals surface area (Å²) in [7, 11) is -2.31. The molecule has 158 valence electrons. The van der Waals surface area contributed by atoms with E-state index < -0.39 is 28.2 Å². The molecular weight excluding hydrogens is 382 g/mol. The van der Waals surface area contributed by atoms with Crippen LogP contribution in [0.1, 0.15) is 33.1 Å². The highest BCUT2D eigenvalue weighted by Gasteiger charge is 2.34. The van der Waals surface area contributed by atoms with Crippen molar-refractivity contribution in [1.82, 2.24) is 9.62 Å². The molecule has 4 N–H and O–H groups in total. The summed E-state index contributed by atoms with van der Waals surface area (Å²) in [4.78, 5) is 12.4. The predicted molar refractivity (Wildman–Crippen MR) is 106 cm³/mol. The van der Waals surface area contributed by atoms with Gasteiger partial charge in [0.05, 0.1) is 30.2 Å². The number of methoxy groups -OCH3 is 1. The molecule has 2 unspecified atom stereocenters. The van der Waals surface area contributed by atoms with Gasteiger partial charge in [0.1, 0.15) is 5.75 Å². The van der Waals surface area contributed by atoms with Crippen LogP contribution in [0.3, 0.4) is 0 Å². The Bertz CT molecular complexity index is 769. The molecular formula is C19H31N3O5S. The molecule has 0 aromatic heterocycles. The van der Waals surface area contributed by atoms with Crippen LogP contribution in [-0.2, 0) is 14.8 Å². The molecule has 1 aromatic rings. The SMILES string of the molecule is COc1cccc(S(=O)(=O)N2CCCC(NC(=O)[C@@H](N)CC(C)C)C(O)C2)c1. The Balaban J connectivity index is 2.08. The zero-order valence-electron chi connectivity index (χ0n) is 16.7. The molecule has 8 nitrogen and oxygen atoms in total. The van der Waals surface area contributed by atoms with Crippen molar-refractivity contribution in [2.24, 2.45) is 11.7 Å². The zero-order valence-corrected chi connectivity index (χ0v) is 17.5. The maximum Gasteiger partial charge on any atom is 0.243 e. The van der Waals surface area contributed by atoms with Crippen molar-refractivity contribution in [3.8, 4) is 5.75 Å². The van der Waals surface area contributed by atoms with Crippen molar-refractivity contribution in [2.75, 3.05) is 20.2 Å². The summed E-state index contributed by atoms with van der Waals surface area (Å²) in [6.07, 6.45) is 0.527. The molecule has 3 atom stereocenters. The number of rotatable bonds is 7. The molecule has 0 bridgehead atoms. The lowest BCUT2D eigenvalue weighted by Crippen LogP contribution is -2.51. The summed E-state index contributed by atoms with van der Waals surface area (Å²) < 4.78 is 32.3. The van der Waals surface area contributed by atoms with Crippen LogP contribution in [0, 0.1) is 5.92 Å². The maximum atomic E-state index is 13.0. The molecule has 1 aromatic carbocycles. The monoisotopic (exact) mass is 413 g/mol. The van der Waals surface area contributed by atoms with E-state index in [2.05, 4.69) is 5.32 Å². The van der Waals surface area contributed by atoms with Gasteiger partial charge in [0.2, 0.25) is 15.9 Å². The van der Waals surface area contributed by atoms with Gasteiger partial charge < -0.3 is 20.9 Å². The van der Waals surface area contributed by atoms with Crippen LogP contribution in [-0.4, -0.2) is 62.1 Å². The highest BCUT2D eigenvalue weighted by Crippen LogP contribution is 2.24. The number of sulfonamides is 1. The number of hydrogen-bond acceptors (Lipinski definition) is 6. The number of nitrogens with one attached hydrogen (secondary N) is 1. The van der Waals surface area contributed by atoms with Gasteiger partial charge in [-0.1, -0.05) is 19.9 Å². The number of β-amino-alcohol motifs (C(OH)–C–C–N with tert-alkyl or cyclic N) is 1. The third-order valence-corrected chi connectivity index (χ3v) is 6.71. The Hall–Kier alpha value is -1.68. The first-order chi connectivity index (χ1) is 13.1. The standard InChI is InChI=1S/C19H31N3O5S/c1-13(2)10-16(20)19(24)21-17-8-5-9-22(12-18(17)23)28(25,26)15-7-4-6-14(11-15)27-3/h4,6-7,11,13,16-18,23H,5,8-10,12,20H2,1-3H3,(H,21,24)/t16-,17?,18?/m0/s1. The number of carbonyl (C=O) groups is 1. The number of nitrogens with zero attached hydrogens (tertiary/aromatic N) is 1. The second-order valence-corrected chi connectivity index (χ2v) is 9.54. The molecule has 1 fully saturated rings. The first-order valence-corrected chi connectivity index (χ1v) is 11.0. The Kier molecular flexibility index (Phi) is 7.82. The lowest BCUT2D eigenvalue weighted by Gasteiger charge is -2.26. The van der Waals surface area contributed by atoms with Gasteiger partial charge in [-0.3, -0.25) is 4.79 Å². The highest BCUT2D eigenvalue weighted by molar-refractivity contribution is 7.89. The van der Waals surface area contributed by atoms with E-state index in [-0.39, 0.29) is 29.8 Å². The van der Waals surface area contributed by atoms with E-state index in [9.17, 15) is 18.3 Å². The molecule has 1 saturated heterocycles. The van der Waals surface area contributed by atoms with Gasteiger partial charge in [0.25, 0.3) is 0 Å². The highest BCUT2D eigenvalue weighted by atomic mass is 32.2. The van der Waals surface area contributed by atoms with E-state index in [1.54, 1.807) is 12.1 Å². The second kappa shape index (κ2) is 9.69. The third kappa shape index (κ3) is 5.66. The van der Waals surface area contributed by atoms with Crippen LogP contribution < -0.4 is 15.8 Å². The molecule has 2 rings (SSSR count). The minimum atomic E-state index is -3.78. The minimum absolute atomic E-state index is 0.0933. The van der Waals surface area contributed by atoms with Gasteiger partial charge in [-0.25, -0.2) is 8.42 Å². The van der Waals surface area contributed by atoms with Gasteiger partial charge in [-0.15, -0.1) is 0 Å². The number of ether oxygens (including phenoxy) is 1. The summed E-state index contributed by atoms with van der Waals surface area (Å²) in [5.41, 5.74) is 5.91. The molecule has 1 heterocycles. The summed E-state index contributed by atoms with van der Waals surface area (Å²) >= 11 is 0. The van der Waals surface area contributed by atoms with Crippen LogP contribution in [0.5, 0.6) is 5.75 Å². The van der Waals surface area contributed by atoms with E-state index >= 15 is 0 Å². The average molecular weight is 414 g/mol. The summed E-state index contributed by atoms with van der Waals surface area (Å²) in [6, 6.07) is 5.06. The lowest BCUT2D eigenvalue weighted by molar-refractivity contribution is -0.124. The van der Waals surface area contributed by atoms with Crippen molar-refractivity contribution in [3.05, 3.63) is 24.3 Å². The number of aliphatic hydroxyl groups is 1. The van der Waals surface area contributed by atoms with Crippen molar-refractivity contribution in [2.45, 2.75) is 56.2 Å². The molecule has 0 saturated carbocycles. The molecule has 1 aliphatic rings. The van der Waals surface area contributed by atoms with E-state index in [1.165, 1.54) is 23.5 Å². The van der Waals surface area contributed by atoms with Crippen LogP contribution in [0.25, 0.3) is 0 Å². The van der Waals surface area contributed by atoms with Crippen molar-refractivity contribution in [3.63, 3.8) is 0 Å². The molecule has 9 heteroatoms. The largest absolute Gasteiger partial charge is 0.497 e. The zero-order chi connectivity index (χ0) is 20.9. The molecule has 0 aliphatic carbocycles. The van der Waals surface area contributed by atoms with Crippen molar-refractivity contribution in [1.29, 1.82) is 0 Å². The summed E-state index contributed by atoms with van der Waals surface area (Å²) in [5, 5.41) is 13.3. The molecule has 28 heavy (non-hydrogen) atoms. The number of benzene rings is 1. The van der Waals surface area contributed by atoms with Gasteiger partial charge in [0, 0.05) is 19.2 Å². The Morgan fingerprint density at radius 2 is 2.14 bits per heavy atom. The van der Waals surface area contributed by atoms with Crippen molar-refractivity contribution < 1.29 is 23.1 Å². The summed E-state index contributed by atoms with van der Waals surface area (Å²) in [5.74, 6) is 0.408. The number of hydrogen-bond donors (Lipinski definition) is 3. The number of carbonyl (C=O) groups excluding carboxylic acids is 1. The first-order valence-electron chi connectivity index (χ1n) is 9.53. The van der Waals surface area contributed by atoms with Crippen LogP contribution in [0.4, 0.5) is 0 Å². The van der Waals surface area contributed by atoms with Crippen LogP contribution in [0.2, 0.25) is 0 Å². The quantitative estimate of drug-likeness (QED) is 0.605. The van der Waals surface area contributed by atoms with Gasteiger partial charge in [0.15, 0.2) is 0 Å². The van der Waals surface area contributed by atoms with Gasteiger partial charge in [-0.2, -0.15) is 4.31 Å². The fourth-order valence-electron chi connectivity index (χ4n) is 3.31. The lowest BCUT2D eigenvalue weighted by atomic mass is 10.0. The molecule has 1 aliphatic heterocycles. The number of nitrogens with two attached hydrogens (primary N) is 1. The first kappa shape index (κ1) is 22.6. The topological polar surface area (TPSA) is 122 Å². The maximum absolute atomic E-state index is 13.0. The minimum Gasteiger partial charge on any atom is -0.497 e. The Labute approximate surface area is 167 Å². The van der Waals surface area contributed by atoms with E-state index in [1.807, 2.05) is 13.8 Å². The second-order valence-electron chi connectivity index (χ2n) is 7.60. The van der Waals surface area contributed by atoms with Crippen LogP contribution in [0.15, 0.2) is 29.2 Å². The predicted octanol–water partition coefficient (Wildman–Crippen LogP) is 0.699. The Morgan fingerprint density at radius 1 is 1.43 bits per heavy atom. The van der Waals surface area contributed by atoms with E-state index in [0.717, 1.165) is 0 Å². The number of aliphatic hydroxyl groups excluding tert-OH is 1. The molecule has 0 spiro atoms. The smallest absolute Gasteiger partial charge is 0.243 e. The van der Waals surface area contributed by atoms with Crippen molar-refractivity contribution >= 4 is 15.9 Å². The van der Waals surface area contributed by atoms with Gasteiger partial charge >= 0.3 is 0 Å². The summed E-state index contributed by atoms with van der Waals surface area (Å²) in [6.45, 7) is 4.13. The normalized spacial score (nSPS) is 22.5. The third-order valence-electron chi connectivity index (χ3n) is 4.85. The van der Waals surface area contributed by atoms with Gasteiger partial charge in [-0.05, 0) is 37.3 Å². The molecule has 1 amide bonds. The fourth-order valence-corrected chi connectivity index (χ4v) is 4.84. The van der Waals surface area contributed by atoms with E-state index in [0.29, 0.717) is 25.0 Å². The Morgan fingerprint density at radius 3 is 2.79 bits per heavy atom. The number of amides is 1. The van der Waals surface area contributed by atoms with E-state index in [4.69, 9.17) is 10.5 Å². The average Bonchev–Trinajstić information content (AvgIpc) is 2.83.